The molecule has 0 radical (unpaired) electrons. The van der Waals surface area contributed by atoms with Crippen LogP contribution in [0.5, 0.6) is 0 Å². The molecule has 1 aromatic heterocycles. The van der Waals surface area contributed by atoms with E-state index in [2.05, 4.69) is 4.98 Å². The summed E-state index contributed by atoms with van der Waals surface area (Å²) >= 11 is 0. The Bertz CT molecular complexity index is 532. The quantitative estimate of drug-likeness (QED) is 0.787. The van der Waals surface area contributed by atoms with Crippen molar-refractivity contribution in [3.63, 3.8) is 0 Å². The fourth-order valence-corrected chi connectivity index (χ4v) is 3.53. The molecule has 2 heterocycles. The molecule has 1 amide bonds. The number of hydrogen-bond donors (Lipinski definition) is 0. The van der Waals surface area contributed by atoms with Crippen LogP contribution in [0.3, 0.4) is 0 Å². The number of likely N-dealkylation sites (tertiary alicyclic amines) is 1. The Balaban J connectivity index is 1.69. The van der Waals surface area contributed by atoms with Gasteiger partial charge in [-0.15, -0.1) is 0 Å². The van der Waals surface area contributed by atoms with E-state index in [-0.39, 0.29) is 5.91 Å². The Morgan fingerprint density at radius 2 is 2.05 bits per heavy atom. The fourth-order valence-electron chi connectivity index (χ4n) is 3.53. The van der Waals surface area contributed by atoms with Crippen LogP contribution in [0.1, 0.15) is 48.2 Å². The van der Waals surface area contributed by atoms with Gasteiger partial charge in [0.25, 0.3) is 5.91 Å². The molecule has 4 heteroatoms. The fraction of sp³-hybridized carbons (Fsp3) is 0.562. The third-order valence-electron chi connectivity index (χ3n) is 4.69. The van der Waals surface area contributed by atoms with Gasteiger partial charge >= 0.3 is 0 Å². The third kappa shape index (κ3) is 2.53. The van der Waals surface area contributed by atoms with Crippen LogP contribution >= 0.6 is 0 Å². The van der Waals surface area contributed by atoms with Gasteiger partial charge in [0.15, 0.2) is 0 Å². The van der Waals surface area contributed by atoms with Gasteiger partial charge in [-0.1, -0.05) is 19.3 Å². The minimum atomic E-state index is 0.0125. The van der Waals surface area contributed by atoms with Crippen LogP contribution in [0, 0.1) is 23.2 Å². The Kier molecular flexibility index (Phi) is 3.68. The van der Waals surface area contributed by atoms with E-state index >= 15 is 0 Å². The first-order valence-electron chi connectivity index (χ1n) is 7.43. The van der Waals surface area contributed by atoms with Gasteiger partial charge < -0.3 is 4.90 Å². The van der Waals surface area contributed by atoms with E-state index in [9.17, 15) is 4.79 Å². The Hall–Kier alpha value is -1.89. The Morgan fingerprint density at radius 3 is 2.75 bits per heavy atom. The molecule has 1 aromatic rings. The smallest absolute Gasteiger partial charge is 0.272 e. The molecule has 2 aliphatic rings. The highest BCUT2D eigenvalue weighted by molar-refractivity contribution is 5.92. The number of nitriles is 1. The number of rotatable bonds is 1. The number of pyridine rings is 1. The van der Waals surface area contributed by atoms with E-state index < -0.39 is 0 Å². The van der Waals surface area contributed by atoms with Gasteiger partial charge in [0.1, 0.15) is 11.8 Å². The first kappa shape index (κ1) is 13.1. The van der Waals surface area contributed by atoms with Gasteiger partial charge in [-0.3, -0.25) is 4.79 Å². The molecule has 20 heavy (non-hydrogen) atoms. The zero-order valence-electron chi connectivity index (χ0n) is 11.6. The second-order valence-electron chi connectivity index (χ2n) is 5.89. The monoisotopic (exact) mass is 269 g/mol. The molecule has 0 N–H and O–H groups in total. The number of piperidine rings is 1. The van der Waals surface area contributed by atoms with Crippen molar-refractivity contribution in [2.24, 2.45) is 11.8 Å². The highest BCUT2D eigenvalue weighted by Gasteiger charge is 2.33. The lowest BCUT2D eigenvalue weighted by atomic mass is 9.75. The van der Waals surface area contributed by atoms with Crippen molar-refractivity contribution in [3.05, 3.63) is 29.6 Å². The number of amides is 1. The Labute approximate surface area is 119 Å². The number of aromatic nitrogens is 1. The molecule has 2 atom stereocenters. The number of nitrogens with zero attached hydrogens (tertiary/aromatic N) is 3. The highest BCUT2D eigenvalue weighted by Crippen LogP contribution is 2.36. The van der Waals surface area contributed by atoms with Crippen LogP contribution in [0.15, 0.2) is 18.3 Å². The molecule has 3 rings (SSSR count). The van der Waals surface area contributed by atoms with Crippen molar-refractivity contribution >= 4 is 5.91 Å². The SMILES string of the molecule is N#Cc1ccc(C(=O)N2CCC3CCCCC3C2)nc1. The van der Waals surface area contributed by atoms with E-state index in [1.165, 1.54) is 31.9 Å². The molecule has 1 saturated carbocycles. The summed E-state index contributed by atoms with van der Waals surface area (Å²) in [5.41, 5.74) is 0.950. The van der Waals surface area contributed by atoms with Gasteiger partial charge in [-0.05, 0) is 36.8 Å². The van der Waals surface area contributed by atoms with Crippen molar-refractivity contribution in [2.45, 2.75) is 32.1 Å². The number of fused-ring (bicyclic) bond motifs is 1. The average Bonchev–Trinajstić information content (AvgIpc) is 2.54. The molecule has 2 fully saturated rings. The topological polar surface area (TPSA) is 57.0 Å². The van der Waals surface area contributed by atoms with Crippen LogP contribution in [0.2, 0.25) is 0 Å². The third-order valence-corrected chi connectivity index (χ3v) is 4.69. The summed E-state index contributed by atoms with van der Waals surface area (Å²) < 4.78 is 0. The summed E-state index contributed by atoms with van der Waals surface area (Å²) in [6.07, 6.45) is 7.86. The van der Waals surface area contributed by atoms with Gasteiger partial charge in [-0.25, -0.2) is 4.98 Å². The molecule has 2 unspecified atom stereocenters. The molecule has 0 spiro atoms. The normalized spacial score (nSPS) is 25.6. The van der Waals surface area contributed by atoms with Crippen LogP contribution in [0.25, 0.3) is 0 Å². The lowest BCUT2D eigenvalue weighted by Crippen LogP contribution is -2.45. The lowest BCUT2D eigenvalue weighted by Gasteiger charge is -2.41. The van der Waals surface area contributed by atoms with Crippen molar-refractivity contribution in [1.82, 2.24) is 9.88 Å². The second-order valence-corrected chi connectivity index (χ2v) is 5.89. The molecular weight excluding hydrogens is 250 g/mol. The standard InChI is InChI=1S/C16H19N3O/c17-9-12-5-6-15(18-10-12)16(20)19-8-7-13-3-1-2-4-14(13)11-19/h5-6,10,13-14H,1-4,7-8,11H2. The van der Waals surface area contributed by atoms with Crippen molar-refractivity contribution in [3.8, 4) is 6.07 Å². The van der Waals surface area contributed by atoms with E-state index in [0.29, 0.717) is 17.2 Å². The summed E-state index contributed by atoms with van der Waals surface area (Å²) in [7, 11) is 0. The van der Waals surface area contributed by atoms with E-state index in [1.807, 2.05) is 11.0 Å². The zero-order chi connectivity index (χ0) is 13.9. The summed E-state index contributed by atoms with van der Waals surface area (Å²) in [6.45, 7) is 1.73. The van der Waals surface area contributed by atoms with E-state index in [1.54, 1.807) is 12.1 Å². The second kappa shape index (κ2) is 5.62. The summed E-state index contributed by atoms with van der Waals surface area (Å²) in [4.78, 5) is 18.5. The molecular formula is C16H19N3O. The van der Waals surface area contributed by atoms with E-state index in [0.717, 1.165) is 25.4 Å². The molecule has 0 aromatic carbocycles. The van der Waals surface area contributed by atoms with Gasteiger partial charge in [0.05, 0.1) is 5.56 Å². The minimum absolute atomic E-state index is 0.0125. The Morgan fingerprint density at radius 1 is 1.25 bits per heavy atom. The molecule has 4 nitrogen and oxygen atoms in total. The van der Waals surface area contributed by atoms with Crippen LogP contribution in [0.4, 0.5) is 0 Å². The molecule has 104 valence electrons. The first-order valence-corrected chi connectivity index (χ1v) is 7.43. The number of carbonyl (C=O) groups is 1. The van der Waals surface area contributed by atoms with E-state index in [4.69, 9.17) is 5.26 Å². The van der Waals surface area contributed by atoms with Gasteiger partial charge in [0, 0.05) is 19.3 Å². The predicted octanol–water partition coefficient (Wildman–Crippen LogP) is 2.61. The maximum Gasteiger partial charge on any atom is 0.272 e. The minimum Gasteiger partial charge on any atom is -0.337 e. The van der Waals surface area contributed by atoms with Crippen molar-refractivity contribution in [1.29, 1.82) is 5.26 Å². The van der Waals surface area contributed by atoms with Crippen LogP contribution in [-0.4, -0.2) is 28.9 Å². The summed E-state index contributed by atoms with van der Waals surface area (Å²) in [5, 5.41) is 8.76. The highest BCUT2D eigenvalue weighted by atomic mass is 16.2. The lowest BCUT2D eigenvalue weighted by molar-refractivity contribution is 0.0515. The van der Waals surface area contributed by atoms with Gasteiger partial charge in [-0.2, -0.15) is 5.26 Å². The molecule has 1 saturated heterocycles. The van der Waals surface area contributed by atoms with Crippen molar-refractivity contribution < 1.29 is 4.79 Å². The molecule has 1 aliphatic heterocycles. The number of carbonyl (C=O) groups excluding carboxylic acids is 1. The van der Waals surface area contributed by atoms with Crippen LogP contribution < -0.4 is 0 Å². The predicted molar refractivity (Wildman–Crippen MR) is 74.9 cm³/mol. The molecule has 1 aliphatic carbocycles. The first-order chi connectivity index (χ1) is 9.78. The number of hydrogen-bond acceptors (Lipinski definition) is 3. The maximum atomic E-state index is 12.5. The van der Waals surface area contributed by atoms with Crippen molar-refractivity contribution in [2.75, 3.05) is 13.1 Å². The summed E-state index contributed by atoms with van der Waals surface area (Å²) in [6, 6.07) is 5.34. The zero-order valence-corrected chi connectivity index (χ0v) is 11.6. The largest absolute Gasteiger partial charge is 0.337 e. The maximum absolute atomic E-state index is 12.5. The average molecular weight is 269 g/mol. The van der Waals surface area contributed by atoms with Gasteiger partial charge in [0.2, 0.25) is 0 Å². The molecule has 0 bridgehead atoms. The summed E-state index contributed by atoms with van der Waals surface area (Å²) in [5.74, 6) is 1.51. The van der Waals surface area contributed by atoms with Crippen LogP contribution in [-0.2, 0) is 0 Å².